The Balaban J connectivity index is 0.000000640. The van der Waals surface area contributed by atoms with Crippen molar-refractivity contribution in [2.75, 3.05) is 0 Å². The second kappa shape index (κ2) is 4.15. The number of hydrogen-bond acceptors (Lipinski definition) is 1. The van der Waals surface area contributed by atoms with E-state index < -0.39 is 0 Å². The first-order valence-corrected chi connectivity index (χ1v) is 2.50. The minimum atomic E-state index is 0. The van der Waals surface area contributed by atoms with Gasteiger partial charge in [-0.05, 0) is 0 Å². The first kappa shape index (κ1) is 8.24. The van der Waals surface area contributed by atoms with Gasteiger partial charge < -0.3 is 4.57 Å². The van der Waals surface area contributed by atoms with Crippen LogP contribution in [0.25, 0.3) is 0 Å². The molecule has 0 aromatic carbocycles. The Labute approximate surface area is 60.6 Å². The molecule has 0 unspecified atom stereocenters. The van der Waals surface area contributed by atoms with Gasteiger partial charge in [-0.3, -0.25) is 0 Å². The Morgan fingerprint density at radius 1 is 1.67 bits per heavy atom. The van der Waals surface area contributed by atoms with Gasteiger partial charge in [0.25, 0.3) is 0 Å². The number of imidazole rings is 1. The highest BCUT2D eigenvalue weighted by molar-refractivity contribution is 5.85. The van der Waals surface area contributed by atoms with E-state index >= 15 is 0 Å². The van der Waals surface area contributed by atoms with Gasteiger partial charge >= 0.3 is 0 Å². The molecule has 1 heterocycles. The van der Waals surface area contributed by atoms with Crippen molar-refractivity contribution in [1.29, 1.82) is 0 Å². The average Bonchev–Trinajstić information content (AvgIpc) is 2.19. The molecule has 0 radical (unpaired) electrons. The molecule has 0 spiro atoms. The molecule has 9 heavy (non-hydrogen) atoms. The third-order valence-electron chi connectivity index (χ3n) is 0.899. The second-order valence-corrected chi connectivity index (χ2v) is 1.55. The van der Waals surface area contributed by atoms with E-state index in [1.165, 1.54) is 0 Å². The average molecular weight is 145 g/mol. The number of halogens is 1. The van der Waals surface area contributed by atoms with Crippen molar-refractivity contribution >= 4 is 12.4 Å². The Kier molecular flexibility index (Phi) is 3.80. The highest BCUT2D eigenvalue weighted by Gasteiger charge is 1.79. The van der Waals surface area contributed by atoms with Gasteiger partial charge in [0.1, 0.15) is 0 Å². The molecule has 2 nitrogen and oxygen atoms in total. The number of hydrogen-bond donors (Lipinski definition) is 0. The van der Waals surface area contributed by atoms with Crippen molar-refractivity contribution in [3.63, 3.8) is 0 Å². The molecule has 0 aliphatic carbocycles. The Hall–Kier alpha value is -0.760. The maximum absolute atomic E-state index is 3.86. The van der Waals surface area contributed by atoms with Gasteiger partial charge in [-0.15, -0.1) is 19.0 Å². The summed E-state index contributed by atoms with van der Waals surface area (Å²) in [5, 5.41) is 0. The van der Waals surface area contributed by atoms with Gasteiger partial charge in [0.15, 0.2) is 0 Å². The van der Waals surface area contributed by atoms with E-state index in [-0.39, 0.29) is 12.4 Å². The van der Waals surface area contributed by atoms with Crippen LogP contribution in [-0.4, -0.2) is 9.55 Å². The van der Waals surface area contributed by atoms with Gasteiger partial charge in [0, 0.05) is 18.9 Å². The molecule has 0 aliphatic heterocycles. The summed E-state index contributed by atoms with van der Waals surface area (Å²) < 4.78 is 1.95. The number of aromatic nitrogens is 2. The summed E-state index contributed by atoms with van der Waals surface area (Å²) >= 11 is 0. The molecular weight excluding hydrogens is 136 g/mol. The van der Waals surface area contributed by atoms with E-state index in [2.05, 4.69) is 11.6 Å². The zero-order valence-electron chi connectivity index (χ0n) is 5.03. The van der Waals surface area contributed by atoms with Crippen molar-refractivity contribution in [3.05, 3.63) is 31.4 Å². The third-order valence-corrected chi connectivity index (χ3v) is 0.899. The molecular formula is C6H9ClN2. The molecule has 1 aromatic heterocycles. The topological polar surface area (TPSA) is 17.8 Å². The largest absolute Gasteiger partial charge is 0.334 e. The number of rotatable bonds is 2. The zero-order chi connectivity index (χ0) is 5.82. The minimum absolute atomic E-state index is 0. The standard InChI is InChI=1S/C6H8N2.ClH/c1-2-4-8-5-3-7-6-8;/h2-3,5-6H,1,4H2;1H. The highest BCUT2D eigenvalue weighted by atomic mass is 35.5. The lowest BCUT2D eigenvalue weighted by Crippen LogP contribution is -1.87. The van der Waals surface area contributed by atoms with E-state index in [9.17, 15) is 0 Å². The second-order valence-electron chi connectivity index (χ2n) is 1.55. The van der Waals surface area contributed by atoms with E-state index in [1.54, 1.807) is 12.5 Å². The molecule has 0 atom stereocenters. The third kappa shape index (κ3) is 2.33. The summed E-state index contributed by atoms with van der Waals surface area (Å²) in [5.74, 6) is 0. The maximum atomic E-state index is 3.86. The summed E-state index contributed by atoms with van der Waals surface area (Å²) in [4.78, 5) is 3.86. The fraction of sp³-hybridized carbons (Fsp3) is 0.167. The fourth-order valence-electron chi connectivity index (χ4n) is 0.544. The van der Waals surface area contributed by atoms with Crippen LogP contribution in [0, 0.1) is 0 Å². The van der Waals surface area contributed by atoms with Crippen LogP contribution in [0.1, 0.15) is 0 Å². The van der Waals surface area contributed by atoms with Crippen molar-refractivity contribution in [3.8, 4) is 0 Å². The van der Waals surface area contributed by atoms with Crippen LogP contribution in [0.3, 0.4) is 0 Å². The van der Waals surface area contributed by atoms with Gasteiger partial charge in [0.05, 0.1) is 6.33 Å². The maximum Gasteiger partial charge on any atom is 0.0948 e. The summed E-state index contributed by atoms with van der Waals surface area (Å²) in [6.45, 7) is 4.43. The predicted octanol–water partition coefficient (Wildman–Crippen LogP) is 1.49. The SMILES string of the molecule is C=CCn1ccnc1.Cl. The van der Waals surface area contributed by atoms with Gasteiger partial charge in [-0.2, -0.15) is 0 Å². The molecule has 3 heteroatoms. The molecule has 0 aliphatic rings. The Bertz CT molecular complexity index is 158. The van der Waals surface area contributed by atoms with E-state index in [1.807, 2.05) is 16.8 Å². The molecule has 1 aromatic rings. The van der Waals surface area contributed by atoms with Crippen LogP contribution in [0.15, 0.2) is 31.4 Å². The molecule has 0 saturated heterocycles. The summed E-state index contributed by atoms with van der Waals surface area (Å²) in [7, 11) is 0. The lowest BCUT2D eigenvalue weighted by molar-refractivity contribution is 0.822. The van der Waals surface area contributed by atoms with Crippen molar-refractivity contribution in [2.45, 2.75) is 6.54 Å². The molecule has 0 bridgehead atoms. The number of nitrogens with zero attached hydrogens (tertiary/aromatic N) is 2. The minimum Gasteiger partial charge on any atom is -0.334 e. The summed E-state index contributed by atoms with van der Waals surface area (Å²) in [6, 6.07) is 0. The predicted molar refractivity (Wildman–Crippen MR) is 39.7 cm³/mol. The Morgan fingerprint density at radius 3 is 2.89 bits per heavy atom. The van der Waals surface area contributed by atoms with Crippen LogP contribution >= 0.6 is 12.4 Å². The summed E-state index contributed by atoms with van der Waals surface area (Å²) in [6.07, 6.45) is 7.26. The van der Waals surface area contributed by atoms with Crippen molar-refractivity contribution in [1.82, 2.24) is 9.55 Å². The smallest absolute Gasteiger partial charge is 0.0948 e. The van der Waals surface area contributed by atoms with E-state index in [4.69, 9.17) is 0 Å². The molecule has 0 N–H and O–H groups in total. The van der Waals surface area contributed by atoms with Crippen LogP contribution in [0.5, 0.6) is 0 Å². The first-order chi connectivity index (χ1) is 3.93. The molecule has 50 valence electrons. The van der Waals surface area contributed by atoms with Crippen LogP contribution in [0.2, 0.25) is 0 Å². The molecule has 0 saturated carbocycles. The highest BCUT2D eigenvalue weighted by Crippen LogP contribution is 1.83. The van der Waals surface area contributed by atoms with Gasteiger partial charge in [-0.25, -0.2) is 4.98 Å². The van der Waals surface area contributed by atoms with Gasteiger partial charge in [-0.1, -0.05) is 6.08 Å². The monoisotopic (exact) mass is 144 g/mol. The van der Waals surface area contributed by atoms with E-state index in [0.717, 1.165) is 6.54 Å². The molecule has 1 rings (SSSR count). The zero-order valence-corrected chi connectivity index (χ0v) is 5.84. The lowest BCUT2D eigenvalue weighted by atomic mass is 10.6. The normalized spacial score (nSPS) is 8.00. The first-order valence-electron chi connectivity index (χ1n) is 2.50. The van der Waals surface area contributed by atoms with Crippen LogP contribution in [0.4, 0.5) is 0 Å². The molecule has 0 fully saturated rings. The van der Waals surface area contributed by atoms with Crippen LogP contribution < -0.4 is 0 Å². The van der Waals surface area contributed by atoms with Crippen molar-refractivity contribution < 1.29 is 0 Å². The van der Waals surface area contributed by atoms with Crippen molar-refractivity contribution in [2.24, 2.45) is 0 Å². The summed E-state index contributed by atoms with van der Waals surface area (Å²) in [5.41, 5.74) is 0. The molecule has 0 amide bonds. The Morgan fingerprint density at radius 2 is 2.44 bits per heavy atom. The quantitative estimate of drug-likeness (QED) is 0.576. The van der Waals surface area contributed by atoms with Crippen LogP contribution in [-0.2, 0) is 6.54 Å². The van der Waals surface area contributed by atoms with Gasteiger partial charge in [0.2, 0.25) is 0 Å². The fourth-order valence-corrected chi connectivity index (χ4v) is 0.544. The van der Waals surface area contributed by atoms with E-state index in [0.29, 0.717) is 0 Å². The number of allylic oxidation sites excluding steroid dienone is 1. The lowest BCUT2D eigenvalue weighted by Gasteiger charge is -1.89.